The Morgan fingerprint density at radius 1 is 1.07 bits per heavy atom. The second-order valence-corrected chi connectivity index (χ2v) is 6.76. The molecule has 0 spiro atoms. The third-order valence-electron chi connectivity index (χ3n) is 4.91. The van der Waals surface area contributed by atoms with Gasteiger partial charge in [-0.15, -0.1) is 0 Å². The first-order valence-corrected chi connectivity index (χ1v) is 9.10. The minimum atomic E-state index is -2.59. The van der Waals surface area contributed by atoms with Crippen LogP contribution < -0.4 is 10.5 Å². The normalized spacial score (nSPS) is 15.5. The summed E-state index contributed by atoms with van der Waals surface area (Å²) >= 11 is 0. The van der Waals surface area contributed by atoms with Gasteiger partial charge in [-0.25, -0.2) is 23.7 Å². The number of anilines is 1. The molecule has 2 aromatic heterocycles. The smallest absolute Gasteiger partial charge is 0.261 e. The van der Waals surface area contributed by atoms with E-state index >= 15 is 0 Å². The van der Waals surface area contributed by atoms with E-state index in [2.05, 4.69) is 24.8 Å². The molecule has 0 saturated carbocycles. The lowest BCUT2D eigenvalue weighted by atomic mass is 10.2. The van der Waals surface area contributed by atoms with E-state index in [1.165, 1.54) is 6.33 Å². The topological polar surface area (TPSA) is 67.2 Å². The van der Waals surface area contributed by atoms with Gasteiger partial charge in [0.2, 0.25) is 0 Å². The molecule has 7 nitrogen and oxygen atoms in total. The van der Waals surface area contributed by atoms with Crippen molar-refractivity contribution in [3.63, 3.8) is 0 Å². The van der Waals surface area contributed by atoms with Crippen LogP contribution in [-0.2, 0) is 13.1 Å². The van der Waals surface area contributed by atoms with Gasteiger partial charge in [0.1, 0.15) is 6.33 Å². The quantitative estimate of drug-likeness (QED) is 0.666. The Hall–Kier alpha value is -2.94. The van der Waals surface area contributed by atoms with E-state index < -0.39 is 18.5 Å². The Balaban J connectivity index is 1.46. The Labute approximate surface area is 160 Å². The number of aromatic nitrogens is 4. The van der Waals surface area contributed by atoms with Gasteiger partial charge >= 0.3 is 0 Å². The first-order chi connectivity index (χ1) is 13.6. The lowest BCUT2D eigenvalue weighted by Crippen LogP contribution is -2.46. The highest BCUT2D eigenvalue weighted by atomic mass is 19.3. The van der Waals surface area contributed by atoms with E-state index in [4.69, 9.17) is 0 Å². The van der Waals surface area contributed by atoms with Crippen LogP contribution in [0.15, 0.2) is 47.9 Å². The number of piperazine rings is 1. The predicted octanol–water partition coefficient (Wildman–Crippen LogP) is 1.77. The highest BCUT2D eigenvalue weighted by molar-refractivity contribution is 5.81. The summed E-state index contributed by atoms with van der Waals surface area (Å²) in [5.41, 5.74) is 2.06. The highest BCUT2D eigenvalue weighted by Gasteiger charge is 2.18. The van der Waals surface area contributed by atoms with Gasteiger partial charge < -0.3 is 4.90 Å². The first-order valence-electron chi connectivity index (χ1n) is 9.10. The second-order valence-electron chi connectivity index (χ2n) is 6.76. The molecule has 0 bridgehead atoms. The van der Waals surface area contributed by atoms with E-state index in [1.54, 1.807) is 18.6 Å². The van der Waals surface area contributed by atoms with Crippen LogP contribution in [0.1, 0.15) is 5.69 Å². The number of alkyl halides is 2. The van der Waals surface area contributed by atoms with Crippen LogP contribution in [0, 0.1) is 0 Å². The van der Waals surface area contributed by atoms with Crippen LogP contribution >= 0.6 is 0 Å². The lowest BCUT2D eigenvalue weighted by Gasteiger charge is -2.36. The van der Waals surface area contributed by atoms with Gasteiger partial charge in [-0.1, -0.05) is 0 Å². The molecule has 1 aliphatic heterocycles. The van der Waals surface area contributed by atoms with Crippen molar-refractivity contribution < 1.29 is 8.78 Å². The minimum Gasteiger partial charge on any atom is -0.369 e. The molecule has 1 saturated heterocycles. The summed E-state index contributed by atoms with van der Waals surface area (Å²) < 4.78 is 26.1. The molecule has 4 rings (SSSR count). The number of fused-ring (bicyclic) bond motifs is 1. The fraction of sp³-hybridized carbons (Fsp3) is 0.368. The molecule has 1 aromatic carbocycles. The van der Waals surface area contributed by atoms with Crippen LogP contribution in [0.2, 0.25) is 0 Å². The van der Waals surface area contributed by atoms with Gasteiger partial charge in [-0.2, -0.15) is 0 Å². The van der Waals surface area contributed by atoms with E-state index in [0.29, 0.717) is 10.9 Å². The zero-order chi connectivity index (χ0) is 19.5. The summed E-state index contributed by atoms with van der Waals surface area (Å²) in [5, 5.41) is 0.356. The molecule has 0 unspecified atom stereocenters. The van der Waals surface area contributed by atoms with Crippen LogP contribution in [0.4, 0.5) is 14.5 Å². The summed E-state index contributed by atoms with van der Waals surface area (Å²) in [7, 11) is 0. The van der Waals surface area contributed by atoms with Crippen molar-refractivity contribution >= 4 is 16.6 Å². The van der Waals surface area contributed by atoms with E-state index in [9.17, 15) is 13.6 Å². The third kappa shape index (κ3) is 3.99. The Morgan fingerprint density at radius 2 is 1.89 bits per heavy atom. The largest absolute Gasteiger partial charge is 0.369 e. The zero-order valence-corrected chi connectivity index (χ0v) is 15.2. The maximum absolute atomic E-state index is 12.6. The molecule has 0 aliphatic carbocycles. The van der Waals surface area contributed by atoms with Crippen molar-refractivity contribution in [2.24, 2.45) is 0 Å². The summed E-state index contributed by atoms with van der Waals surface area (Å²) in [4.78, 5) is 29.3. The monoisotopic (exact) mass is 386 g/mol. The maximum atomic E-state index is 12.6. The number of benzene rings is 1. The van der Waals surface area contributed by atoms with Crippen molar-refractivity contribution in [3.8, 4) is 0 Å². The molecule has 0 radical (unpaired) electrons. The van der Waals surface area contributed by atoms with Crippen molar-refractivity contribution in [1.82, 2.24) is 24.4 Å². The molecule has 0 N–H and O–H groups in total. The standard InChI is InChI=1S/C19H20F2N6O/c20-18(21)11-27-13-24-17-9-15(1-2-16(17)19(27)28)26-7-5-25(6-8-26)10-14-3-4-22-12-23-14/h1-4,9,12-13,18H,5-8,10-11H2. The van der Waals surface area contributed by atoms with Gasteiger partial charge in [0, 0.05) is 44.6 Å². The average Bonchev–Trinajstić information content (AvgIpc) is 2.71. The number of rotatable bonds is 5. The third-order valence-corrected chi connectivity index (χ3v) is 4.91. The number of hydrogen-bond acceptors (Lipinski definition) is 6. The molecule has 3 aromatic rings. The van der Waals surface area contributed by atoms with Crippen molar-refractivity contribution in [2.75, 3.05) is 31.1 Å². The molecule has 1 fully saturated rings. The van der Waals surface area contributed by atoms with Gasteiger partial charge in [0.05, 0.1) is 29.5 Å². The van der Waals surface area contributed by atoms with Gasteiger partial charge in [0.25, 0.3) is 12.0 Å². The molecule has 146 valence electrons. The highest BCUT2D eigenvalue weighted by Crippen LogP contribution is 2.21. The van der Waals surface area contributed by atoms with E-state index in [0.717, 1.165) is 48.7 Å². The molecule has 0 atom stereocenters. The van der Waals surface area contributed by atoms with Crippen molar-refractivity contribution in [3.05, 3.63) is 59.2 Å². The molecule has 3 heterocycles. The molecule has 9 heteroatoms. The zero-order valence-electron chi connectivity index (χ0n) is 15.2. The molecular weight excluding hydrogens is 366 g/mol. The number of halogens is 2. The Kier molecular flexibility index (Phi) is 5.25. The van der Waals surface area contributed by atoms with E-state index in [-0.39, 0.29) is 0 Å². The Bertz CT molecular complexity index is 1000. The van der Waals surface area contributed by atoms with Crippen LogP contribution in [-0.4, -0.2) is 57.0 Å². The fourth-order valence-electron chi connectivity index (χ4n) is 3.43. The van der Waals surface area contributed by atoms with Crippen molar-refractivity contribution in [1.29, 1.82) is 0 Å². The molecule has 28 heavy (non-hydrogen) atoms. The van der Waals surface area contributed by atoms with Crippen molar-refractivity contribution in [2.45, 2.75) is 19.5 Å². The molecule has 0 amide bonds. The maximum Gasteiger partial charge on any atom is 0.261 e. The Morgan fingerprint density at radius 3 is 2.61 bits per heavy atom. The summed E-state index contributed by atoms with van der Waals surface area (Å²) in [6.07, 6.45) is 1.91. The van der Waals surface area contributed by atoms with Crippen LogP contribution in [0.3, 0.4) is 0 Å². The molecular formula is C19H20F2N6O. The summed E-state index contributed by atoms with van der Waals surface area (Å²) in [6.45, 7) is 3.63. The number of nitrogens with zero attached hydrogens (tertiary/aromatic N) is 6. The second kappa shape index (κ2) is 7.97. The average molecular weight is 386 g/mol. The summed E-state index contributed by atoms with van der Waals surface area (Å²) in [5.74, 6) is 0. The lowest BCUT2D eigenvalue weighted by molar-refractivity contribution is 0.125. The SMILES string of the molecule is O=c1c2ccc(N3CCN(Cc4ccncn4)CC3)cc2ncn1CC(F)F. The minimum absolute atomic E-state index is 0.356. The van der Waals surface area contributed by atoms with E-state index in [1.807, 2.05) is 18.2 Å². The fourth-order valence-corrected chi connectivity index (χ4v) is 3.43. The first kappa shape index (κ1) is 18.4. The molecule has 1 aliphatic rings. The van der Waals surface area contributed by atoms with Gasteiger partial charge in [-0.3, -0.25) is 14.3 Å². The van der Waals surface area contributed by atoms with Gasteiger partial charge in [-0.05, 0) is 24.3 Å². The summed E-state index contributed by atoms with van der Waals surface area (Å²) in [6, 6.07) is 7.30. The van der Waals surface area contributed by atoms with Gasteiger partial charge in [0.15, 0.2) is 0 Å². The van der Waals surface area contributed by atoms with Crippen LogP contribution in [0.5, 0.6) is 0 Å². The van der Waals surface area contributed by atoms with Crippen LogP contribution in [0.25, 0.3) is 10.9 Å². The predicted molar refractivity (Wildman–Crippen MR) is 102 cm³/mol. The number of hydrogen-bond donors (Lipinski definition) is 0.